The number of nitrogens with one attached hydrogen (secondary N) is 1. The molecule has 1 saturated carbocycles. The second-order valence-electron chi connectivity index (χ2n) is 7.08. The van der Waals surface area contributed by atoms with Gasteiger partial charge in [-0.3, -0.25) is 14.7 Å². The highest BCUT2D eigenvalue weighted by Gasteiger charge is 2.57. The van der Waals surface area contributed by atoms with E-state index in [2.05, 4.69) is 10.3 Å². The Morgan fingerprint density at radius 1 is 1.19 bits per heavy atom. The van der Waals surface area contributed by atoms with Crippen molar-refractivity contribution >= 4 is 5.91 Å². The molecule has 1 aromatic heterocycles. The molecule has 1 N–H and O–H groups in total. The maximum atomic E-state index is 13.3. The van der Waals surface area contributed by atoms with Gasteiger partial charge in [0, 0.05) is 30.9 Å². The molecule has 0 spiro atoms. The Bertz CT molecular complexity index is 841. The van der Waals surface area contributed by atoms with E-state index in [9.17, 15) is 22.4 Å². The molecule has 142 valence electrons. The van der Waals surface area contributed by atoms with E-state index < -0.39 is 12.7 Å². The number of hydrogen-bond acceptors (Lipinski definition) is 3. The van der Waals surface area contributed by atoms with Crippen LogP contribution < -0.4 is 5.32 Å². The van der Waals surface area contributed by atoms with Crippen LogP contribution in [0.15, 0.2) is 42.6 Å². The third-order valence-electron chi connectivity index (χ3n) is 5.12. The Kier molecular flexibility index (Phi) is 4.38. The van der Waals surface area contributed by atoms with Gasteiger partial charge in [-0.05, 0) is 36.1 Å². The zero-order valence-electron chi connectivity index (χ0n) is 14.2. The number of likely N-dealkylation sites (tertiary alicyclic amines) is 1. The smallest absolute Gasteiger partial charge is 0.349 e. The largest absolute Gasteiger partial charge is 0.401 e. The lowest BCUT2D eigenvalue weighted by Crippen LogP contribution is -2.38. The third-order valence-corrected chi connectivity index (χ3v) is 5.12. The van der Waals surface area contributed by atoms with Gasteiger partial charge >= 0.3 is 6.18 Å². The van der Waals surface area contributed by atoms with Gasteiger partial charge in [0.1, 0.15) is 5.82 Å². The van der Waals surface area contributed by atoms with Crippen molar-refractivity contribution in [2.45, 2.75) is 12.2 Å². The summed E-state index contributed by atoms with van der Waals surface area (Å²) in [5.41, 5.74) is 1.54. The van der Waals surface area contributed by atoms with Gasteiger partial charge in [-0.2, -0.15) is 13.2 Å². The maximum absolute atomic E-state index is 13.3. The highest BCUT2D eigenvalue weighted by molar-refractivity contribution is 5.94. The predicted molar refractivity (Wildman–Crippen MR) is 90.4 cm³/mol. The molecule has 2 aromatic rings. The summed E-state index contributed by atoms with van der Waals surface area (Å²) >= 11 is 0. The Hall–Kier alpha value is -2.48. The van der Waals surface area contributed by atoms with Crippen LogP contribution in [0.5, 0.6) is 0 Å². The number of carbonyl (C=O) groups excluding carboxylic acids is 1. The van der Waals surface area contributed by atoms with Gasteiger partial charge in [0.25, 0.3) is 5.91 Å². The average Bonchev–Trinajstić information content (AvgIpc) is 3.05. The van der Waals surface area contributed by atoms with Crippen LogP contribution in [0.25, 0.3) is 11.3 Å². The number of hydrogen-bond donors (Lipinski definition) is 1. The van der Waals surface area contributed by atoms with Gasteiger partial charge in [0.2, 0.25) is 0 Å². The van der Waals surface area contributed by atoms with Gasteiger partial charge in [-0.15, -0.1) is 0 Å². The molecular weight excluding hydrogens is 362 g/mol. The minimum absolute atomic E-state index is 0.0788. The topological polar surface area (TPSA) is 45.2 Å². The van der Waals surface area contributed by atoms with Crippen LogP contribution in [0.3, 0.4) is 0 Å². The van der Waals surface area contributed by atoms with Gasteiger partial charge in [-0.1, -0.05) is 12.1 Å². The summed E-state index contributed by atoms with van der Waals surface area (Å²) in [6, 6.07) is 9.18. The van der Waals surface area contributed by atoms with Gasteiger partial charge in [-0.25, -0.2) is 4.39 Å². The minimum Gasteiger partial charge on any atom is -0.349 e. The molecule has 0 radical (unpaired) electrons. The number of fused-ring (bicyclic) bond motifs is 1. The highest BCUT2D eigenvalue weighted by Crippen LogP contribution is 2.46. The lowest BCUT2D eigenvalue weighted by molar-refractivity contribution is -0.144. The van der Waals surface area contributed by atoms with Crippen LogP contribution >= 0.6 is 0 Å². The fourth-order valence-electron chi connectivity index (χ4n) is 3.79. The number of carbonyl (C=O) groups is 1. The summed E-state index contributed by atoms with van der Waals surface area (Å²) in [7, 11) is 0. The van der Waals surface area contributed by atoms with E-state index in [1.165, 1.54) is 23.2 Å². The molecule has 1 aliphatic heterocycles. The number of rotatable bonds is 4. The summed E-state index contributed by atoms with van der Waals surface area (Å²) in [6.45, 7) is -0.191. The lowest BCUT2D eigenvalue weighted by Gasteiger charge is -2.21. The van der Waals surface area contributed by atoms with Crippen LogP contribution in [0.4, 0.5) is 17.6 Å². The van der Waals surface area contributed by atoms with Crippen LogP contribution in [0.1, 0.15) is 10.4 Å². The van der Waals surface area contributed by atoms with Crippen molar-refractivity contribution in [2.75, 3.05) is 19.6 Å². The van der Waals surface area contributed by atoms with Crippen LogP contribution in [0, 0.1) is 17.7 Å². The molecule has 2 fully saturated rings. The number of halogens is 4. The van der Waals surface area contributed by atoms with Crippen molar-refractivity contribution in [3.05, 3.63) is 54.0 Å². The zero-order chi connectivity index (χ0) is 19.2. The molecule has 3 atom stereocenters. The first-order chi connectivity index (χ1) is 12.8. The first-order valence-electron chi connectivity index (χ1n) is 8.62. The molecule has 1 aromatic carbocycles. The Morgan fingerprint density at radius 3 is 2.52 bits per heavy atom. The van der Waals surface area contributed by atoms with Gasteiger partial charge in [0.05, 0.1) is 17.8 Å². The van der Waals surface area contributed by atoms with E-state index >= 15 is 0 Å². The quantitative estimate of drug-likeness (QED) is 0.831. The number of pyridine rings is 1. The van der Waals surface area contributed by atoms with Crippen LogP contribution in [0.2, 0.25) is 0 Å². The minimum atomic E-state index is -4.19. The fraction of sp³-hybridized carbons (Fsp3) is 0.368. The molecule has 4 nitrogen and oxygen atoms in total. The standard InChI is InChI=1S/C19H17F4N3O/c20-13-3-1-2-11(6-13)16-5-4-12(7-24-16)18(27)25-17-14-8-26(9-15(14)17)10-19(21,22)23/h1-7,14-15,17H,8-10H2,(H,25,27)/t14-,15+,17?. The Labute approximate surface area is 153 Å². The van der Waals surface area contributed by atoms with Crippen molar-refractivity contribution < 1.29 is 22.4 Å². The number of alkyl halides is 3. The molecular formula is C19H17F4N3O. The maximum Gasteiger partial charge on any atom is 0.401 e. The zero-order valence-corrected chi connectivity index (χ0v) is 14.2. The fourth-order valence-corrected chi connectivity index (χ4v) is 3.79. The van der Waals surface area contributed by atoms with Gasteiger partial charge in [0.15, 0.2) is 0 Å². The van der Waals surface area contributed by atoms with Crippen LogP contribution in [-0.4, -0.2) is 47.6 Å². The molecule has 0 bridgehead atoms. The molecule has 8 heteroatoms. The average molecular weight is 379 g/mol. The molecule has 2 heterocycles. The van der Waals surface area contributed by atoms with E-state index in [4.69, 9.17) is 0 Å². The van der Waals surface area contributed by atoms with Gasteiger partial charge < -0.3 is 5.32 Å². The molecule has 4 rings (SSSR count). The Balaban J connectivity index is 1.33. The first kappa shape index (κ1) is 17.9. The van der Waals surface area contributed by atoms with E-state index in [0.29, 0.717) is 29.9 Å². The number of nitrogens with zero attached hydrogens (tertiary/aromatic N) is 2. The normalized spacial score (nSPS) is 24.5. The van der Waals surface area contributed by atoms with E-state index in [-0.39, 0.29) is 29.6 Å². The number of piperidine rings is 1. The monoisotopic (exact) mass is 379 g/mol. The number of benzene rings is 1. The Morgan fingerprint density at radius 2 is 1.93 bits per heavy atom. The molecule has 1 aliphatic carbocycles. The summed E-state index contributed by atoms with van der Waals surface area (Å²) in [5.74, 6) is -0.502. The molecule has 1 unspecified atom stereocenters. The summed E-state index contributed by atoms with van der Waals surface area (Å²) in [6.07, 6.45) is -2.77. The van der Waals surface area contributed by atoms with Crippen LogP contribution in [-0.2, 0) is 0 Å². The number of amides is 1. The van der Waals surface area contributed by atoms with Crippen molar-refractivity contribution in [2.24, 2.45) is 11.8 Å². The third kappa shape index (κ3) is 3.95. The molecule has 27 heavy (non-hydrogen) atoms. The van der Waals surface area contributed by atoms with E-state index in [1.54, 1.807) is 24.3 Å². The van der Waals surface area contributed by atoms with E-state index in [0.717, 1.165) is 0 Å². The van der Waals surface area contributed by atoms with E-state index in [1.807, 2.05) is 0 Å². The SMILES string of the molecule is O=C(NC1[C@H]2CN(CC(F)(F)F)C[C@@H]12)c1ccc(-c2cccc(F)c2)nc1. The highest BCUT2D eigenvalue weighted by atomic mass is 19.4. The number of aromatic nitrogens is 1. The van der Waals surface area contributed by atoms with Crippen molar-refractivity contribution in [3.63, 3.8) is 0 Å². The second-order valence-corrected chi connectivity index (χ2v) is 7.08. The summed E-state index contributed by atoms with van der Waals surface area (Å²) in [4.78, 5) is 17.9. The molecule has 1 saturated heterocycles. The lowest BCUT2D eigenvalue weighted by atomic mass is 10.1. The second kappa shape index (κ2) is 6.60. The first-order valence-corrected chi connectivity index (χ1v) is 8.62. The molecule has 2 aliphatic rings. The predicted octanol–water partition coefficient (Wildman–Crippen LogP) is 3.11. The summed E-state index contributed by atoms with van der Waals surface area (Å²) < 4.78 is 50.5. The van der Waals surface area contributed by atoms with Crippen molar-refractivity contribution in [1.82, 2.24) is 15.2 Å². The molecule has 1 amide bonds. The van der Waals surface area contributed by atoms with Crippen molar-refractivity contribution in [3.8, 4) is 11.3 Å². The van der Waals surface area contributed by atoms with Crippen molar-refractivity contribution in [1.29, 1.82) is 0 Å². The summed E-state index contributed by atoms with van der Waals surface area (Å²) in [5, 5.41) is 2.88.